The van der Waals surface area contributed by atoms with E-state index in [1.54, 1.807) is 24.3 Å². The van der Waals surface area contributed by atoms with Crippen LogP contribution in [0, 0.1) is 12.8 Å². The number of aryl methyl sites for hydroxylation is 1. The number of rotatable bonds is 5. The van der Waals surface area contributed by atoms with Gasteiger partial charge in [0.25, 0.3) is 0 Å². The predicted octanol–water partition coefficient (Wildman–Crippen LogP) is 4.04. The number of carbonyl (C=O) groups is 1. The zero-order chi connectivity index (χ0) is 20.3. The zero-order valence-corrected chi connectivity index (χ0v) is 18.5. The van der Waals surface area contributed by atoms with E-state index in [0.29, 0.717) is 30.8 Å². The van der Waals surface area contributed by atoms with Crippen LogP contribution in [0.4, 0.5) is 0 Å². The fourth-order valence-electron chi connectivity index (χ4n) is 3.38. The van der Waals surface area contributed by atoms with E-state index in [0.717, 1.165) is 15.6 Å². The molecule has 150 valence electrons. The minimum Gasteiger partial charge on any atom is -0.349 e. The van der Waals surface area contributed by atoms with Crippen molar-refractivity contribution in [2.75, 3.05) is 13.1 Å². The summed E-state index contributed by atoms with van der Waals surface area (Å²) in [7, 11) is -3.50. The molecule has 5 nitrogen and oxygen atoms in total. The molecule has 0 bridgehead atoms. The summed E-state index contributed by atoms with van der Waals surface area (Å²) < 4.78 is 28.1. The van der Waals surface area contributed by atoms with Crippen molar-refractivity contribution in [3.8, 4) is 0 Å². The first-order valence-electron chi connectivity index (χ1n) is 9.40. The molecule has 1 amide bonds. The Hall–Kier alpha value is -1.70. The van der Waals surface area contributed by atoms with Gasteiger partial charge in [0.05, 0.1) is 10.9 Å². The maximum Gasteiger partial charge on any atom is 0.243 e. The fraction of sp³-hybridized carbons (Fsp3) is 0.381. The summed E-state index contributed by atoms with van der Waals surface area (Å²) in [4.78, 5) is 12.9. The van der Waals surface area contributed by atoms with E-state index in [9.17, 15) is 13.2 Å². The highest BCUT2D eigenvalue weighted by Crippen LogP contribution is 2.25. The van der Waals surface area contributed by atoms with E-state index in [-0.39, 0.29) is 17.9 Å². The molecule has 1 N–H and O–H groups in total. The molecule has 2 aromatic rings. The largest absolute Gasteiger partial charge is 0.349 e. The third-order valence-electron chi connectivity index (χ3n) is 5.21. The second kappa shape index (κ2) is 8.76. The lowest BCUT2D eigenvalue weighted by Gasteiger charge is -2.31. The number of halogens is 1. The van der Waals surface area contributed by atoms with Gasteiger partial charge in [-0.05, 0) is 56.5 Å². The first-order valence-corrected chi connectivity index (χ1v) is 11.6. The molecule has 0 spiro atoms. The van der Waals surface area contributed by atoms with Gasteiger partial charge in [0.1, 0.15) is 0 Å². The second-order valence-electron chi connectivity index (χ2n) is 7.27. The first kappa shape index (κ1) is 21.0. The molecule has 0 saturated carbocycles. The van der Waals surface area contributed by atoms with Gasteiger partial charge in [-0.3, -0.25) is 4.79 Å². The first-order chi connectivity index (χ1) is 13.3. The molecule has 7 heteroatoms. The van der Waals surface area contributed by atoms with Gasteiger partial charge in [0.2, 0.25) is 15.9 Å². The van der Waals surface area contributed by atoms with Crippen LogP contribution in [0.25, 0.3) is 0 Å². The van der Waals surface area contributed by atoms with Crippen LogP contribution in [0.5, 0.6) is 0 Å². The van der Waals surface area contributed by atoms with Gasteiger partial charge in [-0.1, -0.05) is 45.8 Å². The van der Waals surface area contributed by atoms with Crippen LogP contribution < -0.4 is 5.32 Å². The van der Waals surface area contributed by atoms with Crippen molar-refractivity contribution in [2.24, 2.45) is 5.92 Å². The third-order valence-corrected chi connectivity index (χ3v) is 7.65. The van der Waals surface area contributed by atoms with E-state index in [1.165, 1.54) is 4.31 Å². The highest BCUT2D eigenvalue weighted by Gasteiger charge is 2.32. The molecule has 3 rings (SSSR count). The van der Waals surface area contributed by atoms with E-state index in [2.05, 4.69) is 21.2 Å². The van der Waals surface area contributed by atoms with Crippen molar-refractivity contribution in [3.63, 3.8) is 0 Å². The van der Waals surface area contributed by atoms with E-state index < -0.39 is 10.0 Å². The van der Waals surface area contributed by atoms with Gasteiger partial charge in [-0.25, -0.2) is 8.42 Å². The van der Waals surface area contributed by atoms with E-state index >= 15 is 0 Å². The molecule has 0 aliphatic carbocycles. The summed E-state index contributed by atoms with van der Waals surface area (Å²) in [6.45, 7) is 4.61. The molecule has 1 fully saturated rings. The van der Waals surface area contributed by atoms with Crippen molar-refractivity contribution in [1.82, 2.24) is 9.62 Å². The Morgan fingerprint density at radius 2 is 1.64 bits per heavy atom. The van der Waals surface area contributed by atoms with E-state index in [1.807, 2.05) is 38.1 Å². The second-order valence-corrected chi connectivity index (χ2v) is 10.1. The maximum absolute atomic E-state index is 12.8. The zero-order valence-electron chi connectivity index (χ0n) is 16.1. The smallest absolute Gasteiger partial charge is 0.243 e. The van der Waals surface area contributed by atoms with Crippen molar-refractivity contribution in [2.45, 2.75) is 37.6 Å². The number of nitrogens with one attached hydrogen (secondary N) is 1. The van der Waals surface area contributed by atoms with Crippen LogP contribution in [0.1, 0.15) is 36.9 Å². The molecule has 1 heterocycles. The van der Waals surface area contributed by atoms with Gasteiger partial charge in [-0.15, -0.1) is 0 Å². The van der Waals surface area contributed by atoms with Gasteiger partial charge in [-0.2, -0.15) is 4.31 Å². The van der Waals surface area contributed by atoms with Gasteiger partial charge < -0.3 is 5.32 Å². The van der Waals surface area contributed by atoms with Gasteiger partial charge in [0, 0.05) is 23.5 Å². The topological polar surface area (TPSA) is 66.5 Å². The number of carbonyl (C=O) groups excluding carboxylic acids is 1. The Morgan fingerprint density at radius 1 is 1.07 bits per heavy atom. The minimum atomic E-state index is -3.50. The highest BCUT2D eigenvalue weighted by atomic mass is 79.9. The standard InChI is InChI=1S/C21H25BrN2O3S/c1-15-3-9-20(10-4-15)28(26,27)24-13-11-18(12-14-24)21(25)23-16(2)17-5-7-19(22)8-6-17/h3-10,16,18H,11-14H2,1-2H3,(H,23,25)/t16-/m1/s1. The van der Waals surface area contributed by atoms with Crippen LogP contribution in [0.15, 0.2) is 57.9 Å². The van der Waals surface area contributed by atoms with Crippen LogP contribution in [0.2, 0.25) is 0 Å². The number of sulfonamides is 1. The summed E-state index contributed by atoms with van der Waals surface area (Å²) in [5, 5.41) is 3.05. The summed E-state index contributed by atoms with van der Waals surface area (Å²) in [5.41, 5.74) is 2.06. The number of hydrogen-bond acceptors (Lipinski definition) is 3. The molecule has 1 aliphatic rings. The summed E-state index contributed by atoms with van der Waals surface area (Å²) in [6.07, 6.45) is 1.06. The number of hydrogen-bond donors (Lipinski definition) is 1. The average molecular weight is 465 g/mol. The Labute approximate surface area is 175 Å². The highest BCUT2D eigenvalue weighted by molar-refractivity contribution is 9.10. The predicted molar refractivity (Wildman–Crippen MR) is 113 cm³/mol. The summed E-state index contributed by atoms with van der Waals surface area (Å²) in [6, 6.07) is 14.7. The minimum absolute atomic E-state index is 0.0113. The number of piperidine rings is 1. The molecule has 0 radical (unpaired) electrons. The van der Waals surface area contributed by atoms with Crippen molar-refractivity contribution in [3.05, 3.63) is 64.1 Å². The lowest BCUT2D eigenvalue weighted by Crippen LogP contribution is -2.43. The average Bonchev–Trinajstić information content (AvgIpc) is 2.69. The lowest BCUT2D eigenvalue weighted by atomic mass is 9.96. The van der Waals surface area contributed by atoms with Crippen molar-refractivity contribution in [1.29, 1.82) is 0 Å². The Bertz CT molecular complexity index is 919. The van der Waals surface area contributed by atoms with E-state index in [4.69, 9.17) is 0 Å². The lowest BCUT2D eigenvalue weighted by molar-refractivity contribution is -0.126. The van der Waals surface area contributed by atoms with Gasteiger partial charge >= 0.3 is 0 Å². The maximum atomic E-state index is 12.8. The van der Waals surface area contributed by atoms with Crippen LogP contribution in [0.3, 0.4) is 0 Å². The van der Waals surface area contributed by atoms with Crippen LogP contribution in [-0.2, 0) is 14.8 Å². The summed E-state index contributed by atoms with van der Waals surface area (Å²) in [5.74, 6) is -0.176. The van der Waals surface area contributed by atoms with Gasteiger partial charge in [0.15, 0.2) is 0 Å². The Balaban J connectivity index is 1.57. The Kier molecular flexibility index (Phi) is 6.58. The van der Waals surface area contributed by atoms with Crippen LogP contribution in [-0.4, -0.2) is 31.7 Å². The molecular weight excluding hydrogens is 440 g/mol. The summed E-state index contributed by atoms with van der Waals surface area (Å²) >= 11 is 3.41. The van der Waals surface area contributed by atoms with Crippen molar-refractivity contribution < 1.29 is 13.2 Å². The van der Waals surface area contributed by atoms with Crippen molar-refractivity contribution >= 4 is 31.9 Å². The SMILES string of the molecule is Cc1ccc(S(=O)(=O)N2CCC(C(=O)N[C@H](C)c3ccc(Br)cc3)CC2)cc1. The number of nitrogens with zero attached hydrogens (tertiary/aromatic N) is 1. The Morgan fingerprint density at radius 3 is 2.21 bits per heavy atom. The molecule has 1 atom stereocenters. The molecular formula is C21H25BrN2O3S. The molecule has 2 aromatic carbocycles. The molecule has 28 heavy (non-hydrogen) atoms. The van der Waals surface area contributed by atoms with Crippen LogP contribution >= 0.6 is 15.9 Å². The number of amides is 1. The molecule has 1 saturated heterocycles. The quantitative estimate of drug-likeness (QED) is 0.725. The molecule has 0 aromatic heterocycles. The molecule has 1 aliphatic heterocycles. The number of benzene rings is 2. The normalized spacial score (nSPS) is 17.2. The monoisotopic (exact) mass is 464 g/mol. The third kappa shape index (κ3) is 4.82. The molecule has 0 unspecified atom stereocenters. The fourth-order valence-corrected chi connectivity index (χ4v) is 5.12.